The molecule has 0 aliphatic heterocycles. The van der Waals surface area contributed by atoms with E-state index in [-0.39, 0.29) is 0 Å². The summed E-state index contributed by atoms with van der Waals surface area (Å²) in [5.41, 5.74) is -1.55. The van der Waals surface area contributed by atoms with Crippen LogP contribution in [0.15, 0.2) is 12.1 Å². The topological polar surface area (TPSA) is 60.2 Å². The predicted molar refractivity (Wildman–Crippen MR) is 43.0 cm³/mol. The summed E-state index contributed by atoms with van der Waals surface area (Å²) in [7, 11) is 0. The number of nitrogens with zero attached hydrogens (tertiary/aromatic N) is 1. The monoisotopic (exact) mass is 201 g/mol. The average molecular weight is 201 g/mol. The van der Waals surface area contributed by atoms with Gasteiger partial charge in [0, 0.05) is 6.07 Å². The minimum atomic E-state index is -1.22. The van der Waals surface area contributed by atoms with Crippen molar-refractivity contribution in [3.05, 3.63) is 39.4 Å². The molecule has 1 rings (SSSR count). The van der Waals surface area contributed by atoms with Crippen LogP contribution in [0.2, 0.25) is 0 Å². The van der Waals surface area contributed by atoms with Gasteiger partial charge < -0.3 is 0 Å². The Kier molecular flexibility index (Phi) is 2.55. The number of Topliss-reactive ketones (excluding diaryl/α,β-unsaturated/α-hetero) is 1. The third-order valence-electron chi connectivity index (χ3n) is 1.58. The summed E-state index contributed by atoms with van der Waals surface area (Å²) in [6.07, 6.45) is 0. The zero-order chi connectivity index (χ0) is 10.9. The Morgan fingerprint density at radius 3 is 2.43 bits per heavy atom. The summed E-state index contributed by atoms with van der Waals surface area (Å²) in [4.78, 5) is 20.2. The van der Waals surface area contributed by atoms with Crippen LogP contribution in [-0.2, 0) is 0 Å². The molecule has 1 aromatic carbocycles. The highest BCUT2D eigenvalue weighted by Gasteiger charge is 2.23. The van der Waals surface area contributed by atoms with E-state index in [0.717, 1.165) is 6.92 Å². The smallest absolute Gasteiger partial charge is 0.286 e. The molecule has 6 heteroatoms. The lowest BCUT2D eigenvalue weighted by molar-refractivity contribution is -0.385. The molecule has 0 fully saturated rings. The van der Waals surface area contributed by atoms with Gasteiger partial charge in [0.1, 0.15) is 17.2 Å². The van der Waals surface area contributed by atoms with Gasteiger partial charge in [-0.2, -0.15) is 0 Å². The molecule has 74 valence electrons. The van der Waals surface area contributed by atoms with E-state index in [0.29, 0.717) is 12.1 Å². The SMILES string of the molecule is CC(=O)c1c(F)cc(F)cc1[N+](=O)[O-]. The second-order valence-corrected chi connectivity index (χ2v) is 2.60. The number of nitro groups is 1. The van der Waals surface area contributed by atoms with Crippen LogP contribution in [0.4, 0.5) is 14.5 Å². The quantitative estimate of drug-likeness (QED) is 0.418. The summed E-state index contributed by atoms with van der Waals surface area (Å²) >= 11 is 0. The lowest BCUT2D eigenvalue weighted by Crippen LogP contribution is -2.04. The number of benzene rings is 1. The molecule has 0 saturated heterocycles. The highest BCUT2D eigenvalue weighted by Crippen LogP contribution is 2.23. The number of rotatable bonds is 2. The molecular weight excluding hydrogens is 196 g/mol. The van der Waals surface area contributed by atoms with Crippen LogP contribution in [0, 0.1) is 21.7 Å². The lowest BCUT2D eigenvalue weighted by atomic mass is 10.1. The van der Waals surface area contributed by atoms with E-state index in [1.165, 1.54) is 0 Å². The normalized spacial score (nSPS) is 9.93. The molecule has 0 amide bonds. The Morgan fingerprint density at radius 2 is 2.00 bits per heavy atom. The van der Waals surface area contributed by atoms with Gasteiger partial charge in [0.25, 0.3) is 5.69 Å². The van der Waals surface area contributed by atoms with Crippen molar-refractivity contribution >= 4 is 11.5 Å². The highest BCUT2D eigenvalue weighted by molar-refractivity contribution is 5.98. The molecular formula is C8H5F2NO3. The molecule has 0 bridgehead atoms. The van der Waals surface area contributed by atoms with Crippen molar-refractivity contribution in [3.8, 4) is 0 Å². The van der Waals surface area contributed by atoms with Crippen molar-refractivity contribution in [3.63, 3.8) is 0 Å². The Balaban J connectivity index is 3.52. The van der Waals surface area contributed by atoms with E-state index in [9.17, 15) is 23.7 Å². The number of ketones is 1. The van der Waals surface area contributed by atoms with Crippen LogP contribution in [0.1, 0.15) is 17.3 Å². The largest absolute Gasteiger partial charge is 0.294 e. The molecule has 0 spiro atoms. The maximum Gasteiger partial charge on any atom is 0.286 e. The van der Waals surface area contributed by atoms with Gasteiger partial charge in [0.2, 0.25) is 0 Å². The van der Waals surface area contributed by atoms with E-state index in [4.69, 9.17) is 0 Å². The van der Waals surface area contributed by atoms with Gasteiger partial charge in [-0.15, -0.1) is 0 Å². The van der Waals surface area contributed by atoms with Crippen LogP contribution in [0.25, 0.3) is 0 Å². The van der Waals surface area contributed by atoms with Crippen molar-refractivity contribution in [2.24, 2.45) is 0 Å². The molecule has 0 aliphatic rings. The predicted octanol–water partition coefficient (Wildman–Crippen LogP) is 2.08. The maximum atomic E-state index is 13.0. The van der Waals surface area contributed by atoms with Crippen LogP contribution in [0.5, 0.6) is 0 Å². The van der Waals surface area contributed by atoms with E-state index in [1.807, 2.05) is 0 Å². The fraction of sp³-hybridized carbons (Fsp3) is 0.125. The third-order valence-corrected chi connectivity index (χ3v) is 1.58. The number of hydrogen-bond donors (Lipinski definition) is 0. The van der Waals surface area contributed by atoms with Gasteiger partial charge in [-0.3, -0.25) is 14.9 Å². The molecule has 0 atom stereocenters. The van der Waals surface area contributed by atoms with Crippen LogP contribution < -0.4 is 0 Å². The zero-order valence-corrected chi connectivity index (χ0v) is 7.08. The molecule has 0 aliphatic carbocycles. The van der Waals surface area contributed by atoms with Gasteiger partial charge in [0.15, 0.2) is 5.78 Å². The van der Waals surface area contributed by atoms with Gasteiger partial charge in [0.05, 0.1) is 11.0 Å². The first-order valence-corrected chi connectivity index (χ1v) is 3.58. The van der Waals surface area contributed by atoms with Gasteiger partial charge in [-0.05, 0) is 6.92 Å². The van der Waals surface area contributed by atoms with E-state index in [2.05, 4.69) is 0 Å². The highest BCUT2D eigenvalue weighted by atomic mass is 19.1. The molecule has 0 radical (unpaired) electrons. The van der Waals surface area contributed by atoms with Crippen LogP contribution >= 0.6 is 0 Å². The fourth-order valence-corrected chi connectivity index (χ4v) is 1.05. The van der Waals surface area contributed by atoms with Crippen LogP contribution in [-0.4, -0.2) is 10.7 Å². The molecule has 0 unspecified atom stereocenters. The minimum Gasteiger partial charge on any atom is -0.294 e. The third kappa shape index (κ3) is 1.73. The Hall–Kier alpha value is -1.85. The van der Waals surface area contributed by atoms with E-state index >= 15 is 0 Å². The minimum absolute atomic E-state index is 0.434. The van der Waals surface area contributed by atoms with Crippen molar-refractivity contribution in [2.75, 3.05) is 0 Å². The van der Waals surface area contributed by atoms with Crippen LogP contribution in [0.3, 0.4) is 0 Å². The first kappa shape index (κ1) is 10.2. The molecule has 0 aromatic heterocycles. The van der Waals surface area contributed by atoms with E-state index in [1.54, 1.807) is 0 Å². The number of halogens is 2. The summed E-state index contributed by atoms with van der Waals surface area (Å²) in [5.74, 6) is -3.11. The van der Waals surface area contributed by atoms with Crippen molar-refractivity contribution < 1.29 is 18.5 Å². The first-order valence-electron chi connectivity index (χ1n) is 3.58. The molecule has 14 heavy (non-hydrogen) atoms. The molecule has 1 aromatic rings. The zero-order valence-electron chi connectivity index (χ0n) is 7.08. The summed E-state index contributed by atoms with van der Waals surface area (Å²) in [6.45, 7) is 0.976. The number of nitro benzene ring substituents is 1. The number of carbonyl (C=O) groups excluding carboxylic acids is 1. The summed E-state index contributed by atoms with van der Waals surface area (Å²) < 4.78 is 25.5. The van der Waals surface area contributed by atoms with Crippen molar-refractivity contribution in [1.82, 2.24) is 0 Å². The second-order valence-electron chi connectivity index (χ2n) is 2.60. The second kappa shape index (κ2) is 3.49. The van der Waals surface area contributed by atoms with Gasteiger partial charge in [-0.1, -0.05) is 0 Å². The Labute approximate surface area is 77.3 Å². The Bertz CT molecular complexity index is 417. The summed E-state index contributed by atoms with van der Waals surface area (Å²) in [6, 6.07) is 0.948. The fourth-order valence-electron chi connectivity index (χ4n) is 1.05. The van der Waals surface area contributed by atoms with Crippen molar-refractivity contribution in [1.29, 1.82) is 0 Å². The van der Waals surface area contributed by atoms with Gasteiger partial charge >= 0.3 is 0 Å². The van der Waals surface area contributed by atoms with Gasteiger partial charge in [-0.25, -0.2) is 8.78 Å². The lowest BCUT2D eigenvalue weighted by Gasteiger charge is -2.00. The molecule has 0 heterocycles. The molecule has 0 N–H and O–H groups in total. The standard InChI is InChI=1S/C8H5F2NO3/c1-4(12)8-6(10)2-5(9)3-7(8)11(13)14/h2-3H,1H3. The Morgan fingerprint density at radius 1 is 1.43 bits per heavy atom. The maximum absolute atomic E-state index is 13.0. The first-order chi connectivity index (χ1) is 6.43. The average Bonchev–Trinajstić information content (AvgIpc) is 2.01. The number of carbonyl (C=O) groups is 1. The summed E-state index contributed by atoms with van der Waals surface area (Å²) in [5, 5.41) is 10.4. The van der Waals surface area contributed by atoms with E-state index < -0.39 is 33.6 Å². The van der Waals surface area contributed by atoms with Crippen molar-refractivity contribution in [2.45, 2.75) is 6.92 Å². The molecule has 0 saturated carbocycles. The molecule has 4 nitrogen and oxygen atoms in total. The number of hydrogen-bond acceptors (Lipinski definition) is 3.